The summed E-state index contributed by atoms with van der Waals surface area (Å²) in [6, 6.07) is 16.3. The molecule has 2 aromatic carbocycles. The summed E-state index contributed by atoms with van der Waals surface area (Å²) in [7, 11) is -3.22. The number of nitrogens with zero attached hydrogens (tertiary/aromatic N) is 3. The van der Waals surface area contributed by atoms with E-state index in [0.717, 1.165) is 33.7 Å². The van der Waals surface area contributed by atoms with Gasteiger partial charge in [-0.1, -0.05) is 42.9 Å². The molecule has 3 N–H and O–H groups in total. The standard InChI is InChI=1S/C33H29FN4O3S3/c1-20-6-12-25(43-20)13-9-22-4-3-5-24(16-22)31-26(17-23-11-15-30(27(34)18-23)44(2,35)41)29(14-10-21-7-8-21)38(37-31)33-36-28(19-42-33)32(39)40/h3-6,11-12,15-16,18-19,21H,2,7-8,10,14,17H2,1H3,(H2,35,41)(H,39,40). The van der Waals surface area contributed by atoms with E-state index in [2.05, 4.69) is 22.7 Å². The number of aromatic nitrogens is 3. The van der Waals surface area contributed by atoms with Gasteiger partial charge in [0.05, 0.1) is 30.9 Å². The summed E-state index contributed by atoms with van der Waals surface area (Å²) in [6.07, 6.45) is 4.33. The molecule has 11 heteroatoms. The Morgan fingerprint density at radius 3 is 2.68 bits per heavy atom. The van der Waals surface area contributed by atoms with Crippen molar-refractivity contribution >= 4 is 44.2 Å². The number of thiazole rings is 1. The Labute approximate surface area is 263 Å². The van der Waals surface area contributed by atoms with Gasteiger partial charge in [-0.15, -0.1) is 22.7 Å². The van der Waals surface area contributed by atoms with E-state index in [1.807, 2.05) is 43.3 Å². The second-order valence-corrected chi connectivity index (χ2v) is 14.9. The van der Waals surface area contributed by atoms with Crippen molar-refractivity contribution < 1.29 is 18.5 Å². The minimum absolute atomic E-state index is 0.0472. The number of nitrogens with two attached hydrogens (primary N) is 1. The third-order valence-corrected chi connectivity index (χ3v) is 10.2. The van der Waals surface area contributed by atoms with Gasteiger partial charge >= 0.3 is 5.97 Å². The Morgan fingerprint density at radius 2 is 2.02 bits per heavy atom. The molecule has 0 radical (unpaired) electrons. The number of hydrogen-bond acceptors (Lipinski definition) is 6. The van der Waals surface area contributed by atoms with Crippen molar-refractivity contribution in [2.45, 2.75) is 43.9 Å². The van der Waals surface area contributed by atoms with Gasteiger partial charge in [0.1, 0.15) is 5.82 Å². The summed E-state index contributed by atoms with van der Waals surface area (Å²) in [6.45, 7) is 2.05. The fourth-order valence-corrected chi connectivity index (χ4v) is 7.22. The molecule has 3 aromatic heterocycles. The van der Waals surface area contributed by atoms with Crippen LogP contribution in [-0.2, 0) is 22.5 Å². The molecule has 5 aromatic rings. The van der Waals surface area contributed by atoms with Gasteiger partial charge in [0, 0.05) is 33.4 Å². The van der Waals surface area contributed by atoms with E-state index in [9.17, 15) is 14.1 Å². The second-order valence-electron chi connectivity index (χ2n) is 10.9. The Bertz CT molecular complexity index is 2060. The molecule has 0 saturated heterocycles. The van der Waals surface area contributed by atoms with E-state index in [1.165, 1.54) is 46.6 Å². The first-order valence-electron chi connectivity index (χ1n) is 14.0. The van der Waals surface area contributed by atoms with Crippen LogP contribution in [0.5, 0.6) is 0 Å². The van der Waals surface area contributed by atoms with Crippen molar-refractivity contribution in [3.8, 4) is 28.2 Å². The van der Waals surface area contributed by atoms with Gasteiger partial charge in [-0.3, -0.25) is 5.14 Å². The topological polar surface area (TPSA) is 111 Å². The average molecular weight is 645 g/mol. The zero-order valence-corrected chi connectivity index (χ0v) is 26.3. The van der Waals surface area contributed by atoms with Crippen molar-refractivity contribution in [2.24, 2.45) is 11.1 Å². The maximum absolute atomic E-state index is 15.1. The predicted molar refractivity (Wildman–Crippen MR) is 175 cm³/mol. The van der Waals surface area contributed by atoms with Gasteiger partial charge in [-0.05, 0) is 73.5 Å². The lowest BCUT2D eigenvalue weighted by molar-refractivity contribution is 0.0691. The van der Waals surface area contributed by atoms with Crippen LogP contribution in [0.1, 0.15) is 61.9 Å². The highest BCUT2D eigenvalue weighted by atomic mass is 32.2. The van der Waals surface area contributed by atoms with Crippen LogP contribution in [0.2, 0.25) is 0 Å². The maximum atomic E-state index is 15.1. The fourth-order valence-electron chi connectivity index (χ4n) is 5.04. The van der Waals surface area contributed by atoms with Crippen molar-refractivity contribution in [3.05, 3.63) is 104 Å². The lowest BCUT2D eigenvalue weighted by atomic mass is 9.96. The number of carboxylic acids is 1. The van der Waals surface area contributed by atoms with Gasteiger partial charge in [-0.2, -0.15) is 5.10 Å². The van der Waals surface area contributed by atoms with Gasteiger partial charge in [-0.25, -0.2) is 23.1 Å². The molecule has 224 valence electrons. The van der Waals surface area contributed by atoms with E-state index in [0.29, 0.717) is 35.1 Å². The Hall–Kier alpha value is -4.08. The molecule has 0 bridgehead atoms. The van der Waals surface area contributed by atoms with Crippen LogP contribution in [0.4, 0.5) is 4.39 Å². The first kappa shape index (κ1) is 30.0. The lowest BCUT2D eigenvalue weighted by Crippen LogP contribution is -2.14. The van der Waals surface area contributed by atoms with Crippen molar-refractivity contribution in [3.63, 3.8) is 0 Å². The molecule has 3 heterocycles. The highest BCUT2D eigenvalue weighted by molar-refractivity contribution is 7.98. The largest absolute Gasteiger partial charge is 0.476 e. The molecule has 1 saturated carbocycles. The number of rotatable bonds is 9. The van der Waals surface area contributed by atoms with E-state index in [4.69, 9.17) is 10.2 Å². The van der Waals surface area contributed by atoms with Crippen LogP contribution in [0, 0.1) is 30.5 Å². The average Bonchev–Trinajstić information content (AvgIpc) is 3.33. The normalized spacial score (nSPS) is 14.2. The van der Waals surface area contributed by atoms with Crippen LogP contribution in [0.15, 0.2) is 64.9 Å². The molecule has 0 spiro atoms. The molecule has 7 nitrogen and oxygen atoms in total. The number of aromatic carboxylic acids is 1. The number of aryl methyl sites for hydroxylation is 1. The number of hydrogen-bond donors (Lipinski definition) is 2. The molecule has 6 rings (SSSR count). The van der Waals surface area contributed by atoms with Gasteiger partial charge < -0.3 is 5.11 Å². The molecule has 1 fully saturated rings. The molecular weight excluding hydrogens is 616 g/mol. The molecule has 0 amide bonds. The SMILES string of the molecule is C=S(N)(=O)c1ccc(Cc2c(-c3cccc(C#Cc4ccc(C)s4)c3)nn(-c3nc(C(=O)O)cs3)c2CCC2CC2)cc1F. The number of carbonyl (C=O) groups is 1. The molecule has 0 aliphatic heterocycles. The maximum Gasteiger partial charge on any atom is 0.355 e. The quantitative estimate of drug-likeness (QED) is 0.141. The highest BCUT2D eigenvalue weighted by Gasteiger charge is 2.27. The zero-order chi connectivity index (χ0) is 31.0. The number of halogens is 1. The van der Waals surface area contributed by atoms with Crippen LogP contribution in [0.3, 0.4) is 0 Å². The van der Waals surface area contributed by atoms with Gasteiger partial charge in [0.2, 0.25) is 5.13 Å². The van der Waals surface area contributed by atoms with Crippen molar-refractivity contribution in [1.82, 2.24) is 14.8 Å². The smallest absolute Gasteiger partial charge is 0.355 e. The minimum atomic E-state index is -3.22. The monoisotopic (exact) mass is 644 g/mol. The summed E-state index contributed by atoms with van der Waals surface area (Å²) in [5.74, 6) is 8.75. The summed E-state index contributed by atoms with van der Waals surface area (Å²) in [4.78, 5) is 18.1. The molecule has 1 unspecified atom stereocenters. The second kappa shape index (κ2) is 12.1. The van der Waals surface area contributed by atoms with E-state index in [1.54, 1.807) is 22.1 Å². The van der Waals surface area contributed by atoms with E-state index in [-0.39, 0.29) is 10.6 Å². The van der Waals surface area contributed by atoms with E-state index < -0.39 is 21.5 Å². The van der Waals surface area contributed by atoms with Crippen LogP contribution >= 0.6 is 22.7 Å². The van der Waals surface area contributed by atoms with Gasteiger partial charge in [0.15, 0.2) is 5.69 Å². The van der Waals surface area contributed by atoms with Crippen molar-refractivity contribution in [2.75, 3.05) is 0 Å². The zero-order valence-electron chi connectivity index (χ0n) is 23.9. The summed E-state index contributed by atoms with van der Waals surface area (Å²) in [5, 5.41) is 22.1. The minimum Gasteiger partial charge on any atom is -0.476 e. The summed E-state index contributed by atoms with van der Waals surface area (Å²) >= 11 is 2.85. The number of carboxylic acid groups (broad SMARTS) is 1. The van der Waals surface area contributed by atoms with Crippen LogP contribution in [-0.4, -0.2) is 35.9 Å². The Morgan fingerprint density at radius 1 is 1.20 bits per heavy atom. The number of thiophene rings is 1. The molecular formula is C33H29FN4O3S3. The molecule has 1 aliphatic carbocycles. The van der Waals surface area contributed by atoms with Crippen LogP contribution in [0.25, 0.3) is 16.4 Å². The summed E-state index contributed by atoms with van der Waals surface area (Å²) < 4.78 is 29.1. The highest BCUT2D eigenvalue weighted by Crippen LogP contribution is 2.37. The Balaban J connectivity index is 1.49. The van der Waals surface area contributed by atoms with Gasteiger partial charge in [0.25, 0.3) is 0 Å². The molecule has 1 aliphatic rings. The number of benzene rings is 2. The van der Waals surface area contributed by atoms with Crippen LogP contribution < -0.4 is 5.14 Å². The third kappa shape index (κ3) is 6.69. The van der Waals surface area contributed by atoms with Crippen molar-refractivity contribution in [1.29, 1.82) is 0 Å². The third-order valence-electron chi connectivity index (χ3n) is 7.42. The molecule has 1 atom stereocenters. The first-order chi connectivity index (χ1) is 21.0. The lowest BCUT2D eigenvalue weighted by Gasteiger charge is -2.11. The molecule has 44 heavy (non-hydrogen) atoms. The first-order valence-corrected chi connectivity index (χ1v) is 17.5. The van der Waals surface area contributed by atoms with E-state index >= 15 is 4.39 Å². The fraction of sp³-hybridized carbons (Fsp3) is 0.212. The summed E-state index contributed by atoms with van der Waals surface area (Å²) in [5.41, 5.74) is 4.71. The Kier molecular flexibility index (Phi) is 8.26. The predicted octanol–water partition coefficient (Wildman–Crippen LogP) is 6.49.